The lowest BCUT2D eigenvalue weighted by atomic mass is 9.92. The van der Waals surface area contributed by atoms with Crippen molar-refractivity contribution in [2.75, 3.05) is 12.3 Å². The largest absolute Gasteiger partial charge is 0.481 e. The Kier molecular flexibility index (Phi) is 5.80. The summed E-state index contributed by atoms with van der Waals surface area (Å²) in [6, 6.07) is -0.439. The van der Waals surface area contributed by atoms with Crippen LogP contribution in [-0.2, 0) is 14.8 Å². The molecule has 1 heterocycles. The minimum atomic E-state index is -3.35. The highest BCUT2D eigenvalue weighted by atomic mass is 32.2. The third-order valence-electron chi connectivity index (χ3n) is 4.21. The fourth-order valence-electron chi connectivity index (χ4n) is 2.75. The molecule has 1 fully saturated rings. The molecule has 112 valence electrons. The van der Waals surface area contributed by atoms with Crippen molar-refractivity contribution in [1.82, 2.24) is 4.31 Å². The first-order valence-electron chi connectivity index (χ1n) is 7.05. The van der Waals surface area contributed by atoms with Crippen molar-refractivity contribution in [1.29, 1.82) is 0 Å². The van der Waals surface area contributed by atoms with Gasteiger partial charge >= 0.3 is 5.97 Å². The number of carbonyl (C=O) groups is 1. The van der Waals surface area contributed by atoms with E-state index in [2.05, 4.69) is 0 Å². The average Bonchev–Trinajstić information content (AvgIpc) is 2.35. The molecule has 2 atom stereocenters. The summed E-state index contributed by atoms with van der Waals surface area (Å²) in [5.74, 6) is -1.18. The SMILES string of the molecule is CCC(CC)CS(=O)(=O)N1CCC[C@H](C(=O)O)[C@@H]1C. The van der Waals surface area contributed by atoms with Crippen LogP contribution in [0.2, 0.25) is 0 Å². The van der Waals surface area contributed by atoms with Gasteiger partial charge in [0, 0.05) is 12.6 Å². The number of aliphatic carboxylic acids is 1. The standard InChI is InChI=1S/C13H25NO4S/c1-4-11(5-2)9-19(17,18)14-8-6-7-12(10(14)3)13(15)16/h10-12H,4-9H2,1-3H3,(H,15,16)/t10-,12-/m0/s1. The quantitative estimate of drug-likeness (QED) is 0.811. The summed E-state index contributed by atoms with van der Waals surface area (Å²) >= 11 is 0. The zero-order chi connectivity index (χ0) is 14.6. The van der Waals surface area contributed by atoms with Crippen LogP contribution in [0.15, 0.2) is 0 Å². The first-order valence-corrected chi connectivity index (χ1v) is 8.66. The highest BCUT2D eigenvalue weighted by Crippen LogP contribution is 2.27. The van der Waals surface area contributed by atoms with Gasteiger partial charge in [-0.25, -0.2) is 8.42 Å². The van der Waals surface area contributed by atoms with Crippen LogP contribution < -0.4 is 0 Å². The zero-order valence-corrected chi connectivity index (χ0v) is 12.8. The monoisotopic (exact) mass is 291 g/mol. The van der Waals surface area contributed by atoms with Gasteiger partial charge in [-0.05, 0) is 25.7 Å². The van der Waals surface area contributed by atoms with E-state index in [0.29, 0.717) is 19.4 Å². The van der Waals surface area contributed by atoms with Crippen molar-refractivity contribution in [2.24, 2.45) is 11.8 Å². The molecule has 0 aromatic heterocycles. The molecule has 0 saturated carbocycles. The second-order valence-corrected chi connectivity index (χ2v) is 7.37. The predicted octanol–water partition coefficient (Wildman–Crippen LogP) is 1.94. The number of carboxylic acid groups (broad SMARTS) is 1. The molecule has 0 spiro atoms. The number of nitrogens with zero attached hydrogens (tertiary/aromatic N) is 1. The van der Waals surface area contributed by atoms with Crippen LogP contribution in [0, 0.1) is 11.8 Å². The number of sulfonamides is 1. The number of hydrogen-bond acceptors (Lipinski definition) is 3. The van der Waals surface area contributed by atoms with Gasteiger partial charge in [0.05, 0.1) is 11.7 Å². The van der Waals surface area contributed by atoms with Crippen LogP contribution in [0.3, 0.4) is 0 Å². The highest BCUT2D eigenvalue weighted by Gasteiger charge is 2.39. The molecular formula is C13H25NO4S. The van der Waals surface area contributed by atoms with Crippen LogP contribution in [0.25, 0.3) is 0 Å². The normalized spacial score (nSPS) is 25.7. The van der Waals surface area contributed by atoms with Crippen LogP contribution in [0.5, 0.6) is 0 Å². The van der Waals surface area contributed by atoms with Gasteiger partial charge < -0.3 is 5.11 Å². The van der Waals surface area contributed by atoms with E-state index >= 15 is 0 Å². The van der Waals surface area contributed by atoms with E-state index in [1.807, 2.05) is 13.8 Å². The lowest BCUT2D eigenvalue weighted by molar-refractivity contribution is -0.144. The molecule has 6 heteroatoms. The molecule has 1 rings (SSSR count). The Morgan fingerprint density at radius 2 is 1.95 bits per heavy atom. The molecule has 1 aliphatic rings. The number of rotatable bonds is 6. The van der Waals surface area contributed by atoms with Crippen molar-refractivity contribution in [2.45, 2.75) is 52.5 Å². The lowest BCUT2D eigenvalue weighted by Gasteiger charge is -2.37. The summed E-state index contributed by atoms with van der Waals surface area (Å²) in [5.41, 5.74) is 0. The van der Waals surface area contributed by atoms with Gasteiger partial charge in [0.15, 0.2) is 0 Å². The van der Waals surface area contributed by atoms with E-state index in [0.717, 1.165) is 12.8 Å². The predicted molar refractivity (Wildman–Crippen MR) is 74.4 cm³/mol. The number of carboxylic acids is 1. The van der Waals surface area contributed by atoms with Crippen LogP contribution >= 0.6 is 0 Å². The molecule has 0 aromatic rings. The van der Waals surface area contributed by atoms with Crippen molar-refractivity contribution in [3.8, 4) is 0 Å². The van der Waals surface area contributed by atoms with Gasteiger partial charge in [-0.1, -0.05) is 26.7 Å². The molecule has 1 N–H and O–H groups in total. The van der Waals surface area contributed by atoms with Crippen LogP contribution in [-0.4, -0.2) is 42.1 Å². The molecule has 0 aromatic carbocycles. The van der Waals surface area contributed by atoms with E-state index < -0.39 is 28.0 Å². The van der Waals surface area contributed by atoms with Crippen LogP contribution in [0.4, 0.5) is 0 Å². The Bertz CT molecular complexity index is 403. The summed E-state index contributed by atoms with van der Waals surface area (Å²) in [7, 11) is -3.35. The minimum absolute atomic E-state index is 0.136. The number of piperidine rings is 1. The maximum absolute atomic E-state index is 12.4. The van der Waals surface area contributed by atoms with Gasteiger partial charge in [-0.15, -0.1) is 0 Å². The Hall–Kier alpha value is -0.620. The topological polar surface area (TPSA) is 74.7 Å². The second-order valence-electron chi connectivity index (χ2n) is 5.40. The lowest BCUT2D eigenvalue weighted by Crippen LogP contribution is -2.50. The fourth-order valence-corrected chi connectivity index (χ4v) is 5.07. The molecule has 0 bridgehead atoms. The molecule has 0 amide bonds. The summed E-state index contributed by atoms with van der Waals surface area (Å²) in [5, 5.41) is 9.14. The van der Waals surface area contributed by atoms with Crippen LogP contribution in [0.1, 0.15) is 46.5 Å². The summed E-state index contributed by atoms with van der Waals surface area (Å²) in [4.78, 5) is 11.2. The molecule has 0 aliphatic carbocycles. The van der Waals surface area contributed by atoms with E-state index in [4.69, 9.17) is 5.11 Å². The van der Waals surface area contributed by atoms with Crippen molar-refractivity contribution in [3.05, 3.63) is 0 Å². The van der Waals surface area contributed by atoms with E-state index in [1.54, 1.807) is 6.92 Å². The maximum Gasteiger partial charge on any atom is 0.308 e. The summed E-state index contributed by atoms with van der Waals surface area (Å²) < 4.78 is 26.3. The van der Waals surface area contributed by atoms with Gasteiger partial charge in [-0.3, -0.25) is 4.79 Å². The van der Waals surface area contributed by atoms with E-state index in [-0.39, 0.29) is 11.7 Å². The molecule has 0 unspecified atom stereocenters. The molecule has 5 nitrogen and oxygen atoms in total. The first kappa shape index (κ1) is 16.4. The van der Waals surface area contributed by atoms with E-state index in [9.17, 15) is 13.2 Å². The summed E-state index contributed by atoms with van der Waals surface area (Å²) in [6.45, 7) is 6.14. The molecule has 0 radical (unpaired) electrons. The number of hydrogen-bond donors (Lipinski definition) is 1. The third kappa shape index (κ3) is 3.92. The minimum Gasteiger partial charge on any atom is -0.481 e. The molecule has 1 saturated heterocycles. The summed E-state index contributed by atoms with van der Waals surface area (Å²) in [6.07, 6.45) is 2.86. The van der Waals surface area contributed by atoms with E-state index in [1.165, 1.54) is 4.31 Å². The maximum atomic E-state index is 12.4. The van der Waals surface area contributed by atoms with Gasteiger partial charge in [0.1, 0.15) is 0 Å². The Morgan fingerprint density at radius 1 is 1.37 bits per heavy atom. The Labute approximate surface area is 116 Å². The molecule has 19 heavy (non-hydrogen) atoms. The van der Waals surface area contributed by atoms with Gasteiger partial charge in [-0.2, -0.15) is 4.31 Å². The third-order valence-corrected chi connectivity index (χ3v) is 6.33. The van der Waals surface area contributed by atoms with Crippen molar-refractivity contribution < 1.29 is 18.3 Å². The van der Waals surface area contributed by atoms with Gasteiger partial charge in [0.2, 0.25) is 10.0 Å². The first-order chi connectivity index (χ1) is 8.83. The zero-order valence-electron chi connectivity index (χ0n) is 12.0. The fraction of sp³-hybridized carbons (Fsp3) is 0.923. The highest BCUT2D eigenvalue weighted by molar-refractivity contribution is 7.89. The average molecular weight is 291 g/mol. The Balaban J connectivity index is 2.85. The second kappa shape index (κ2) is 6.70. The molecule has 1 aliphatic heterocycles. The van der Waals surface area contributed by atoms with Crippen molar-refractivity contribution >= 4 is 16.0 Å². The molecular weight excluding hydrogens is 266 g/mol. The Morgan fingerprint density at radius 3 is 2.42 bits per heavy atom. The van der Waals surface area contributed by atoms with Gasteiger partial charge in [0.25, 0.3) is 0 Å². The van der Waals surface area contributed by atoms with Crippen molar-refractivity contribution in [3.63, 3.8) is 0 Å². The smallest absolute Gasteiger partial charge is 0.308 e.